The van der Waals surface area contributed by atoms with Gasteiger partial charge in [-0.2, -0.15) is 5.26 Å². The molecule has 2 N–H and O–H groups in total. The van der Waals surface area contributed by atoms with E-state index >= 15 is 0 Å². The molecule has 0 aliphatic heterocycles. The molecule has 0 aromatic heterocycles. The minimum Gasteiger partial charge on any atom is -0.385 e. The number of nitrogens with one attached hydrogen (secondary N) is 2. The van der Waals surface area contributed by atoms with E-state index in [1.807, 2.05) is 13.0 Å². The Morgan fingerprint density at radius 1 is 1.18 bits per heavy atom. The third-order valence-corrected chi connectivity index (χ3v) is 5.16. The Kier molecular flexibility index (Phi) is 6.93. The first kappa shape index (κ1) is 22.0. The number of fused-ring (bicyclic) bond motifs is 1. The fourth-order valence-electron chi connectivity index (χ4n) is 4.17. The lowest BCUT2D eigenvalue weighted by Crippen LogP contribution is -2.40. The zero-order valence-electron chi connectivity index (χ0n) is 18.3. The van der Waals surface area contributed by atoms with Crippen molar-refractivity contribution >= 4 is 5.91 Å². The number of carbonyl (C=O) groups excluding carboxylic acids is 1. The molecule has 1 aromatic carbocycles. The first-order chi connectivity index (χ1) is 13.0. The highest BCUT2D eigenvalue weighted by Crippen LogP contribution is 2.27. The third kappa shape index (κ3) is 6.41. The lowest BCUT2D eigenvalue weighted by molar-refractivity contribution is -0.117. The van der Waals surface area contributed by atoms with Crippen molar-refractivity contribution in [2.24, 2.45) is 5.41 Å². The maximum absolute atomic E-state index is 12.6. The van der Waals surface area contributed by atoms with Crippen LogP contribution in [0.4, 0.5) is 0 Å². The Morgan fingerprint density at radius 2 is 1.82 bits per heavy atom. The van der Waals surface area contributed by atoms with E-state index in [0.29, 0.717) is 0 Å². The normalized spacial score (nSPS) is 16.0. The number of nitrogens with zero attached hydrogens (tertiary/aromatic N) is 1. The number of carbonyl (C=O) groups is 1. The number of amides is 1. The third-order valence-electron chi connectivity index (χ3n) is 5.16. The predicted molar refractivity (Wildman–Crippen MR) is 115 cm³/mol. The van der Waals surface area contributed by atoms with Gasteiger partial charge in [-0.05, 0) is 75.0 Å². The number of rotatable bonds is 6. The Morgan fingerprint density at radius 3 is 2.43 bits per heavy atom. The fourth-order valence-corrected chi connectivity index (χ4v) is 4.17. The lowest BCUT2D eigenvalue weighted by Gasteiger charge is -2.33. The molecule has 4 heteroatoms. The summed E-state index contributed by atoms with van der Waals surface area (Å²) >= 11 is 0. The molecule has 1 amide bonds. The minimum absolute atomic E-state index is 0.104. The largest absolute Gasteiger partial charge is 0.385 e. The van der Waals surface area contributed by atoms with Crippen molar-refractivity contribution in [1.29, 1.82) is 5.26 Å². The minimum atomic E-state index is -0.341. The summed E-state index contributed by atoms with van der Waals surface area (Å²) in [6.45, 7) is 12.7. The average molecular weight is 382 g/mol. The van der Waals surface area contributed by atoms with E-state index in [4.69, 9.17) is 0 Å². The molecule has 1 aliphatic rings. The summed E-state index contributed by atoms with van der Waals surface area (Å²) in [5, 5.41) is 15.7. The monoisotopic (exact) mass is 381 g/mol. The van der Waals surface area contributed by atoms with Gasteiger partial charge in [0, 0.05) is 11.7 Å². The molecule has 0 saturated carbocycles. The smallest absolute Gasteiger partial charge is 0.263 e. The van der Waals surface area contributed by atoms with Crippen molar-refractivity contribution in [3.8, 4) is 6.07 Å². The van der Waals surface area contributed by atoms with Crippen LogP contribution in [0.1, 0.15) is 83.5 Å². The highest BCUT2D eigenvalue weighted by Gasteiger charge is 2.25. The highest BCUT2D eigenvalue weighted by atomic mass is 16.1. The second kappa shape index (κ2) is 8.82. The summed E-state index contributed by atoms with van der Waals surface area (Å²) < 4.78 is 0. The first-order valence-corrected chi connectivity index (χ1v) is 10.3. The van der Waals surface area contributed by atoms with Gasteiger partial charge < -0.3 is 10.6 Å². The Hall–Kier alpha value is -2.28. The molecule has 0 fully saturated rings. The van der Waals surface area contributed by atoms with Crippen LogP contribution in [0.15, 0.2) is 30.0 Å². The maximum Gasteiger partial charge on any atom is 0.263 e. The first-order valence-electron chi connectivity index (χ1n) is 10.3. The molecule has 4 nitrogen and oxygen atoms in total. The van der Waals surface area contributed by atoms with Crippen molar-refractivity contribution in [2.75, 3.05) is 0 Å². The van der Waals surface area contributed by atoms with E-state index in [2.05, 4.69) is 63.5 Å². The zero-order chi connectivity index (χ0) is 20.9. The SMILES string of the molecule is CC(NC(=O)/C(C#N)=C\NC(C)(C)CC(C)(C)C)c1ccc2c(c1)CCCC2. The molecule has 2 rings (SSSR count). The average Bonchev–Trinajstić information content (AvgIpc) is 2.59. The number of nitriles is 1. The van der Waals surface area contributed by atoms with Crippen LogP contribution in [0.5, 0.6) is 0 Å². The van der Waals surface area contributed by atoms with Gasteiger partial charge in [0.1, 0.15) is 11.6 Å². The quantitative estimate of drug-likeness (QED) is 0.541. The number of benzene rings is 1. The summed E-state index contributed by atoms with van der Waals surface area (Å²) in [4.78, 5) is 12.6. The molecule has 0 saturated heterocycles. The van der Waals surface area contributed by atoms with Crippen LogP contribution in [-0.2, 0) is 17.6 Å². The zero-order valence-corrected chi connectivity index (χ0v) is 18.3. The van der Waals surface area contributed by atoms with Gasteiger partial charge in [-0.3, -0.25) is 4.79 Å². The molecular formula is C24H35N3O. The molecule has 1 aliphatic carbocycles. The molecule has 0 radical (unpaired) electrons. The predicted octanol–water partition coefficient (Wildman–Crippen LogP) is 4.95. The molecular weight excluding hydrogens is 346 g/mol. The summed E-state index contributed by atoms with van der Waals surface area (Å²) in [6.07, 6.45) is 7.22. The van der Waals surface area contributed by atoms with Crippen molar-refractivity contribution in [2.45, 2.75) is 85.2 Å². The standard InChI is InChI=1S/C24H35N3O/c1-17(19-12-11-18-9-7-8-10-20(18)13-19)27-22(28)21(14-25)15-26-24(5,6)16-23(2,3)4/h11-13,15,17,26H,7-10,16H2,1-6H3,(H,27,28)/b21-15-. The van der Waals surface area contributed by atoms with Crippen LogP contribution in [0.2, 0.25) is 0 Å². The van der Waals surface area contributed by atoms with Gasteiger partial charge in [-0.25, -0.2) is 0 Å². The van der Waals surface area contributed by atoms with E-state index in [0.717, 1.165) is 24.8 Å². The van der Waals surface area contributed by atoms with E-state index in [-0.39, 0.29) is 28.5 Å². The van der Waals surface area contributed by atoms with E-state index in [9.17, 15) is 10.1 Å². The summed E-state index contributed by atoms with van der Waals surface area (Å²) in [7, 11) is 0. The van der Waals surface area contributed by atoms with E-state index in [1.54, 1.807) is 6.20 Å². The lowest BCUT2D eigenvalue weighted by atomic mass is 9.82. The van der Waals surface area contributed by atoms with Crippen molar-refractivity contribution < 1.29 is 4.79 Å². The summed E-state index contributed by atoms with van der Waals surface area (Å²) in [6, 6.07) is 8.38. The topological polar surface area (TPSA) is 64.9 Å². The molecule has 0 spiro atoms. The van der Waals surface area contributed by atoms with Crippen LogP contribution < -0.4 is 10.6 Å². The fraction of sp³-hybridized carbons (Fsp3) is 0.583. The van der Waals surface area contributed by atoms with Crippen LogP contribution in [0, 0.1) is 16.7 Å². The Labute approximate surface area is 170 Å². The molecule has 1 atom stereocenters. The molecule has 0 bridgehead atoms. The summed E-state index contributed by atoms with van der Waals surface area (Å²) in [5.74, 6) is -0.341. The number of aryl methyl sites for hydroxylation is 2. The van der Waals surface area contributed by atoms with Gasteiger partial charge in [0.05, 0.1) is 6.04 Å². The second-order valence-corrected chi connectivity index (χ2v) is 9.87. The Balaban J connectivity index is 2.04. The van der Waals surface area contributed by atoms with Gasteiger partial charge in [-0.1, -0.05) is 39.0 Å². The van der Waals surface area contributed by atoms with Crippen LogP contribution in [0.3, 0.4) is 0 Å². The van der Waals surface area contributed by atoms with Crippen LogP contribution in [-0.4, -0.2) is 11.4 Å². The molecule has 152 valence electrons. The van der Waals surface area contributed by atoms with Crippen molar-refractivity contribution in [3.63, 3.8) is 0 Å². The van der Waals surface area contributed by atoms with Crippen molar-refractivity contribution in [3.05, 3.63) is 46.7 Å². The van der Waals surface area contributed by atoms with Gasteiger partial charge in [0.2, 0.25) is 0 Å². The Bertz CT molecular complexity index is 778. The molecule has 0 heterocycles. The van der Waals surface area contributed by atoms with Crippen LogP contribution >= 0.6 is 0 Å². The molecule has 28 heavy (non-hydrogen) atoms. The highest BCUT2D eigenvalue weighted by molar-refractivity contribution is 5.97. The van der Waals surface area contributed by atoms with E-state index in [1.165, 1.54) is 24.0 Å². The number of hydrogen-bond donors (Lipinski definition) is 2. The van der Waals surface area contributed by atoms with Gasteiger partial charge >= 0.3 is 0 Å². The van der Waals surface area contributed by atoms with Crippen LogP contribution in [0.25, 0.3) is 0 Å². The van der Waals surface area contributed by atoms with Crippen molar-refractivity contribution in [1.82, 2.24) is 10.6 Å². The number of hydrogen-bond acceptors (Lipinski definition) is 3. The van der Waals surface area contributed by atoms with Gasteiger partial charge in [-0.15, -0.1) is 0 Å². The molecule has 1 unspecified atom stereocenters. The van der Waals surface area contributed by atoms with E-state index < -0.39 is 0 Å². The summed E-state index contributed by atoms with van der Waals surface area (Å²) in [5.41, 5.74) is 3.97. The van der Waals surface area contributed by atoms with Gasteiger partial charge in [0.15, 0.2) is 0 Å². The maximum atomic E-state index is 12.6. The molecule has 1 aromatic rings. The second-order valence-electron chi connectivity index (χ2n) is 9.87. The van der Waals surface area contributed by atoms with Gasteiger partial charge in [0.25, 0.3) is 5.91 Å².